The summed E-state index contributed by atoms with van der Waals surface area (Å²) in [4.78, 5) is 5.11. The summed E-state index contributed by atoms with van der Waals surface area (Å²) in [5, 5.41) is 9.67. The molecule has 748 valence electrons. The van der Waals surface area contributed by atoms with Gasteiger partial charge in [0.25, 0.3) is 0 Å². The Kier molecular flexibility index (Phi) is 56.5. The van der Waals surface area contributed by atoms with Crippen molar-refractivity contribution in [3.05, 3.63) is 113 Å². The van der Waals surface area contributed by atoms with Gasteiger partial charge in [-0.3, -0.25) is 4.67 Å². The van der Waals surface area contributed by atoms with Crippen LogP contribution in [-0.2, 0) is 62.4 Å². The molecular weight excluding hydrogens is 1770 g/mol. The SMILES string of the molecule is CC(C)N(C(C)C)P(CCC#N)OCCCCOc1cccc(C(C=CC2=Nc3c(cc(Cl)c[n+]3CCCCS(=O)(=O)[O-])C2(C)C)=CC=C2N(CCCCS(=O)(=O)[O-])c3ccc4c(S(=O)(=O)[O-])cc(S(=O)(=O)[O-])cc4c3C2(C)C)c1.CCCC[N+](CCCC)(CCCC)CCCC.CCCC[N+](CCCC)(CCCC)CCCC.CCCC[N+](CCCC)(CCCC)CCCC. The molecule has 0 fully saturated rings. The number of unbranched alkanes of at least 4 members (excludes halogenated alkanes) is 15. The van der Waals surface area contributed by atoms with Gasteiger partial charge in [0.15, 0.2) is 5.71 Å². The Bertz CT molecular complexity index is 4440. The topological polar surface area (TPSA) is 294 Å². The van der Waals surface area contributed by atoms with Crippen LogP contribution in [0.1, 0.15) is 354 Å². The quantitative estimate of drug-likeness (QED) is 0.00990. The van der Waals surface area contributed by atoms with E-state index in [-0.39, 0.29) is 48.7 Å². The van der Waals surface area contributed by atoms with Gasteiger partial charge in [-0.1, -0.05) is 216 Å². The number of allylic oxidation sites excluding steroid dienone is 6. The van der Waals surface area contributed by atoms with E-state index in [0.29, 0.717) is 108 Å². The Morgan fingerprint density at radius 2 is 0.977 bits per heavy atom. The predicted molar refractivity (Wildman–Crippen MR) is 544 cm³/mol. The number of hydrogen-bond donors (Lipinski definition) is 0. The van der Waals surface area contributed by atoms with E-state index in [1.165, 1.54) is 252 Å². The van der Waals surface area contributed by atoms with Crippen LogP contribution in [0.4, 0.5) is 11.5 Å². The van der Waals surface area contributed by atoms with E-state index < -0.39 is 80.9 Å². The maximum absolute atomic E-state index is 12.7. The molecule has 3 heterocycles. The van der Waals surface area contributed by atoms with Crippen LogP contribution in [0.3, 0.4) is 0 Å². The van der Waals surface area contributed by atoms with Crippen molar-refractivity contribution in [1.29, 1.82) is 5.26 Å². The lowest BCUT2D eigenvalue weighted by Gasteiger charge is -2.39. The second-order valence-electron chi connectivity index (χ2n) is 38.2. The van der Waals surface area contributed by atoms with Gasteiger partial charge < -0.3 is 45.8 Å². The summed E-state index contributed by atoms with van der Waals surface area (Å²) in [6.45, 7) is 62.5. The monoisotopic (exact) mass is 1940 g/mol. The fourth-order valence-electron chi connectivity index (χ4n) is 18.2. The van der Waals surface area contributed by atoms with Crippen molar-refractivity contribution in [3.63, 3.8) is 0 Å². The van der Waals surface area contributed by atoms with Crippen molar-refractivity contribution in [3.8, 4) is 11.8 Å². The predicted octanol–water partition coefficient (Wildman–Crippen LogP) is 24.5. The van der Waals surface area contributed by atoms with Gasteiger partial charge in [0.2, 0.25) is 0 Å². The zero-order valence-corrected chi connectivity index (χ0v) is 89.8. The summed E-state index contributed by atoms with van der Waals surface area (Å²) in [5.41, 5.74) is 2.37. The van der Waals surface area contributed by atoms with Crippen molar-refractivity contribution in [2.75, 3.05) is 121 Å². The molecule has 0 saturated carbocycles. The third kappa shape index (κ3) is 41.8. The summed E-state index contributed by atoms with van der Waals surface area (Å²) in [6, 6.07) is 16.5. The molecule has 0 radical (unpaired) electrons. The van der Waals surface area contributed by atoms with Crippen LogP contribution in [-0.4, -0.2) is 204 Å². The van der Waals surface area contributed by atoms with Crippen molar-refractivity contribution >= 4 is 93.9 Å². The smallest absolute Gasteiger partial charge is 0.327 e. The molecule has 4 aromatic rings. The number of anilines is 1. The van der Waals surface area contributed by atoms with Gasteiger partial charge in [0.1, 0.15) is 40.5 Å². The first-order valence-electron chi connectivity index (χ1n) is 50.4. The Labute approximate surface area is 804 Å². The van der Waals surface area contributed by atoms with E-state index in [2.05, 4.69) is 122 Å². The number of halogens is 1. The van der Waals surface area contributed by atoms with Crippen LogP contribution in [0.25, 0.3) is 16.3 Å². The normalized spacial score (nSPS) is 14.8. The van der Waals surface area contributed by atoms with Gasteiger partial charge in [0, 0.05) is 59.5 Å². The number of aromatic nitrogens is 1. The second-order valence-corrected chi connectivity index (χ2v) is 46.3. The third-order valence-corrected chi connectivity index (χ3v) is 31.8. The Balaban J connectivity index is 0.000000694. The minimum absolute atomic E-state index is 0.00810. The lowest BCUT2D eigenvalue weighted by atomic mass is 9.81. The van der Waals surface area contributed by atoms with Crippen LogP contribution in [0.2, 0.25) is 5.02 Å². The maximum atomic E-state index is 12.7. The highest BCUT2D eigenvalue weighted by atomic mass is 35.5. The highest BCUT2D eigenvalue weighted by Crippen LogP contribution is 2.53. The molecule has 0 spiro atoms. The van der Waals surface area contributed by atoms with Crippen LogP contribution in [0, 0.1) is 11.3 Å². The zero-order chi connectivity index (χ0) is 98.1. The summed E-state index contributed by atoms with van der Waals surface area (Å²) >= 11 is 6.65. The molecule has 3 aromatic carbocycles. The maximum Gasteiger partial charge on any atom is 0.327 e. The minimum atomic E-state index is -5.32. The fourth-order valence-corrected chi connectivity index (χ4v) is 23.0. The Morgan fingerprint density at radius 1 is 0.542 bits per heavy atom. The van der Waals surface area contributed by atoms with Crippen molar-refractivity contribution in [2.45, 2.75) is 377 Å². The molecule has 6 rings (SSSR count). The molecule has 2 aliphatic heterocycles. The van der Waals surface area contributed by atoms with Crippen molar-refractivity contribution < 1.29 is 79.2 Å². The summed E-state index contributed by atoms with van der Waals surface area (Å²) < 4.78 is 166. The van der Waals surface area contributed by atoms with E-state index in [9.17, 15) is 57.1 Å². The number of nitriles is 1. The molecule has 0 saturated heterocycles. The molecule has 131 heavy (non-hydrogen) atoms. The van der Waals surface area contributed by atoms with Crippen molar-refractivity contribution in [2.24, 2.45) is 4.99 Å². The summed E-state index contributed by atoms with van der Waals surface area (Å²) in [7, 11) is -20.5. The molecule has 1 unspecified atom stereocenters. The van der Waals surface area contributed by atoms with Gasteiger partial charge in [-0.25, -0.2) is 38.2 Å². The number of aliphatic imine (C=N–C) groups is 1. The van der Waals surface area contributed by atoms with Gasteiger partial charge in [0.05, 0.1) is 150 Å². The molecule has 0 N–H and O–H groups in total. The van der Waals surface area contributed by atoms with Gasteiger partial charge in [-0.15, -0.1) is 0 Å². The van der Waals surface area contributed by atoms with Crippen molar-refractivity contribution in [1.82, 2.24) is 4.67 Å². The number of quaternary nitrogens is 3. The highest BCUT2D eigenvalue weighted by Gasteiger charge is 2.44. The Morgan fingerprint density at radius 3 is 1.38 bits per heavy atom. The first-order chi connectivity index (χ1) is 62.0. The summed E-state index contributed by atoms with van der Waals surface area (Å²) in [6.07, 6.45) is 45.4. The Hall–Kier alpha value is -4.79. The minimum Gasteiger partial charge on any atom is -0.748 e. The van der Waals surface area contributed by atoms with E-state index in [1.807, 2.05) is 78.0 Å². The standard InChI is InChI=1S/C55H71ClN5O14PS4.3C16H36N/c1-38(2)61(39(3)4)76(30-16-25-57)75-29-12-11-28-74-43-18-15-17-41(33-43)40(19-23-50-54(5,6)47-34-42(56)37-59(53(47)58-50)26-9-13-31-77(62,63)64)20-24-51-55(7,8)52-46-35-44(79(68,69)70)36-49(80(71,72)73)45(46)21-22-48(52)60(51)27-10-14-32-78(65,66)67;3*1-5-9-13-17(14-10-6-2,15-11-7-3)16-12-8-4/h15,17-24,33-39H,9-14,16,26-32H2,1-8H3,(H3-,62,63,64,65,66,67,68,69,70,71,72,73);3*5-16H2,1-4H3/q;3*+1/p-3. The van der Waals surface area contributed by atoms with Crippen LogP contribution >= 0.6 is 19.9 Å². The van der Waals surface area contributed by atoms with Gasteiger partial charge >= 0.3 is 5.82 Å². The number of rotatable bonds is 64. The lowest BCUT2D eigenvalue weighted by molar-refractivity contribution is -0.929. The first kappa shape index (κ1) is 120. The van der Waals surface area contributed by atoms with E-state index in [1.54, 1.807) is 26.1 Å². The lowest BCUT2D eigenvalue weighted by Crippen LogP contribution is -2.50. The average Bonchev–Trinajstić information content (AvgIpc) is 1.57. The number of benzene rings is 3. The molecule has 22 nitrogen and oxygen atoms in total. The van der Waals surface area contributed by atoms with Gasteiger partial charge in [-0.05, 0) is 238 Å². The van der Waals surface area contributed by atoms with Crippen LogP contribution in [0.5, 0.6) is 5.75 Å². The number of ether oxygens (including phenoxy) is 1. The number of fused-ring (bicyclic) bond motifs is 4. The molecule has 2 aliphatic rings. The molecule has 1 aromatic heterocycles. The number of hydrogen-bond acceptors (Lipinski definition) is 18. The first-order valence-corrected chi connectivity index (χ1v) is 58.2. The molecule has 28 heteroatoms. The largest absolute Gasteiger partial charge is 0.748 e. The molecule has 0 amide bonds. The van der Waals surface area contributed by atoms with Crippen LogP contribution in [0.15, 0.2) is 106 Å². The number of aryl methyl sites for hydroxylation is 1. The third-order valence-electron chi connectivity index (χ3n) is 25.8. The molecular formula is C103H176ClN8O14PS4. The average molecular weight is 1950 g/mol. The van der Waals surface area contributed by atoms with Gasteiger partial charge in [-0.2, -0.15) is 5.26 Å². The van der Waals surface area contributed by atoms with E-state index >= 15 is 0 Å². The zero-order valence-electron chi connectivity index (χ0n) is 84.8. The fraction of sp³-hybridized carbons (Fsp3) is 0.718. The summed E-state index contributed by atoms with van der Waals surface area (Å²) in [5.74, 6) is 0.0299. The van der Waals surface area contributed by atoms with E-state index in [4.69, 9.17) is 25.9 Å². The highest BCUT2D eigenvalue weighted by molar-refractivity contribution is 7.87. The molecule has 0 aliphatic carbocycles. The number of nitrogens with zero attached hydrogens (tertiary/aromatic N) is 8. The number of pyridine rings is 1. The molecule has 0 bridgehead atoms. The van der Waals surface area contributed by atoms with Crippen LogP contribution < -0.4 is 14.2 Å². The second kappa shape index (κ2) is 61.5. The molecule has 1 atom stereocenters. The van der Waals surface area contributed by atoms with E-state index in [0.717, 1.165) is 11.6 Å².